The summed E-state index contributed by atoms with van der Waals surface area (Å²) in [7, 11) is 0. The zero-order valence-electron chi connectivity index (χ0n) is 13.3. The van der Waals surface area contributed by atoms with E-state index in [0.717, 1.165) is 19.1 Å². The molecule has 1 aliphatic heterocycles. The van der Waals surface area contributed by atoms with Crippen LogP contribution in [-0.4, -0.2) is 24.0 Å². The number of benzene rings is 1. The first-order chi connectivity index (χ1) is 10.0. The van der Waals surface area contributed by atoms with E-state index in [-0.39, 0.29) is 0 Å². The predicted molar refractivity (Wildman–Crippen MR) is 92.3 cm³/mol. The Balaban J connectivity index is 1.55. The third-order valence-corrected chi connectivity index (χ3v) is 5.63. The Bertz CT molecular complexity index is 484. The molecule has 2 nitrogen and oxygen atoms in total. The van der Waals surface area contributed by atoms with E-state index < -0.39 is 0 Å². The first kappa shape index (κ1) is 15.5. The molecule has 2 aliphatic rings. The monoisotopic (exact) mass is 350 g/mol. The van der Waals surface area contributed by atoms with E-state index >= 15 is 0 Å². The van der Waals surface area contributed by atoms with Gasteiger partial charge in [0.15, 0.2) is 0 Å². The first-order valence-corrected chi connectivity index (χ1v) is 9.04. The highest BCUT2D eigenvalue weighted by atomic mass is 79.9. The lowest BCUT2D eigenvalue weighted by Gasteiger charge is -2.37. The number of hydrogen-bond acceptors (Lipinski definition) is 2. The molecular weight excluding hydrogens is 324 g/mol. The van der Waals surface area contributed by atoms with E-state index in [1.807, 2.05) is 0 Å². The molecule has 1 aromatic rings. The summed E-state index contributed by atoms with van der Waals surface area (Å²) in [6, 6.07) is 7.65. The summed E-state index contributed by atoms with van der Waals surface area (Å²) in [5, 5.41) is 3.58. The maximum absolute atomic E-state index is 3.76. The maximum atomic E-state index is 3.76. The third-order valence-electron chi connectivity index (χ3n) is 4.89. The van der Waals surface area contributed by atoms with Crippen LogP contribution < -0.4 is 5.32 Å². The van der Waals surface area contributed by atoms with Crippen molar-refractivity contribution in [3.63, 3.8) is 0 Å². The molecule has 1 N–H and O–H groups in total. The van der Waals surface area contributed by atoms with Crippen LogP contribution in [0.2, 0.25) is 0 Å². The fourth-order valence-corrected chi connectivity index (χ4v) is 3.49. The standard InChI is InChI=1S/C18H27BrN2/c1-18(2)7-9-21(10-8-18)13-15-4-3-14(11-17(15)19)12-20-16-5-6-16/h3-4,11,16,20H,5-10,12-13H2,1-2H3. The van der Waals surface area contributed by atoms with Crippen molar-refractivity contribution in [2.75, 3.05) is 13.1 Å². The SMILES string of the molecule is CC1(C)CCN(Cc2ccc(CNC3CC3)cc2Br)CC1. The second kappa shape index (κ2) is 6.39. The van der Waals surface area contributed by atoms with Crippen LogP contribution >= 0.6 is 15.9 Å². The maximum Gasteiger partial charge on any atom is 0.0244 e. The summed E-state index contributed by atoms with van der Waals surface area (Å²) >= 11 is 3.76. The molecule has 3 heteroatoms. The molecule has 0 radical (unpaired) electrons. The first-order valence-electron chi connectivity index (χ1n) is 8.25. The predicted octanol–water partition coefficient (Wildman–Crippen LogP) is 4.32. The van der Waals surface area contributed by atoms with Crippen molar-refractivity contribution >= 4 is 15.9 Å². The lowest BCUT2D eigenvalue weighted by Crippen LogP contribution is -2.36. The molecule has 0 amide bonds. The minimum Gasteiger partial charge on any atom is -0.310 e. The molecule has 3 rings (SSSR count). The van der Waals surface area contributed by atoms with Crippen molar-refractivity contribution in [3.05, 3.63) is 33.8 Å². The molecule has 0 unspecified atom stereocenters. The van der Waals surface area contributed by atoms with E-state index in [1.165, 1.54) is 54.4 Å². The van der Waals surface area contributed by atoms with Crippen LogP contribution in [0.15, 0.2) is 22.7 Å². The summed E-state index contributed by atoms with van der Waals surface area (Å²) in [4.78, 5) is 2.59. The average Bonchev–Trinajstić information content (AvgIpc) is 3.25. The Hall–Kier alpha value is -0.380. The van der Waals surface area contributed by atoms with Gasteiger partial charge in [-0.15, -0.1) is 0 Å². The smallest absolute Gasteiger partial charge is 0.0244 e. The summed E-state index contributed by atoms with van der Waals surface area (Å²) < 4.78 is 1.27. The van der Waals surface area contributed by atoms with E-state index in [2.05, 4.69) is 58.2 Å². The van der Waals surface area contributed by atoms with Crippen LogP contribution in [0.5, 0.6) is 0 Å². The highest BCUT2D eigenvalue weighted by Crippen LogP contribution is 2.31. The lowest BCUT2D eigenvalue weighted by molar-refractivity contribution is 0.127. The van der Waals surface area contributed by atoms with Crippen LogP contribution in [0, 0.1) is 5.41 Å². The Morgan fingerprint density at radius 3 is 2.57 bits per heavy atom. The Kier molecular flexibility index (Phi) is 4.72. The van der Waals surface area contributed by atoms with Gasteiger partial charge in [-0.3, -0.25) is 4.90 Å². The van der Waals surface area contributed by atoms with Crippen molar-refractivity contribution < 1.29 is 0 Å². The molecule has 0 spiro atoms. The Labute approximate surface area is 137 Å². The van der Waals surface area contributed by atoms with Crippen molar-refractivity contribution in [2.24, 2.45) is 5.41 Å². The molecule has 1 aliphatic carbocycles. The minimum absolute atomic E-state index is 0.534. The van der Waals surface area contributed by atoms with Crippen LogP contribution in [0.3, 0.4) is 0 Å². The quantitative estimate of drug-likeness (QED) is 0.850. The van der Waals surface area contributed by atoms with Gasteiger partial charge >= 0.3 is 0 Å². The second-order valence-electron chi connectivity index (χ2n) is 7.52. The van der Waals surface area contributed by atoms with Gasteiger partial charge in [-0.1, -0.05) is 41.9 Å². The summed E-state index contributed by atoms with van der Waals surface area (Å²) in [6.07, 6.45) is 5.33. The van der Waals surface area contributed by atoms with Crippen LogP contribution in [0.1, 0.15) is 50.7 Å². The van der Waals surface area contributed by atoms with Crippen LogP contribution in [0.25, 0.3) is 0 Å². The molecule has 116 valence electrons. The van der Waals surface area contributed by atoms with Gasteiger partial charge in [0.25, 0.3) is 0 Å². The zero-order chi connectivity index (χ0) is 14.9. The third kappa shape index (κ3) is 4.54. The molecular formula is C18H27BrN2. The molecule has 1 aromatic carbocycles. The van der Waals surface area contributed by atoms with E-state index in [1.54, 1.807) is 0 Å². The number of halogens is 1. The summed E-state index contributed by atoms with van der Waals surface area (Å²) in [6.45, 7) is 9.31. The van der Waals surface area contributed by atoms with Gasteiger partial charge in [0.1, 0.15) is 0 Å². The molecule has 21 heavy (non-hydrogen) atoms. The van der Waals surface area contributed by atoms with E-state index in [4.69, 9.17) is 0 Å². The lowest BCUT2D eigenvalue weighted by atomic mass is 9.82. The largest absolute Gasteiger partial charge is 0.310 e. The molecule has 1 saturated heterocycles. The molecule has 1 saturated carbocycles. The highest BCUT2D eigenvalue weighted by Gasteiger charge is 2.25. The van der Waals surface area contributed by atoms with Crippen molar-refractivity contribution in [1.82, 2.24) is 10.2 Å². The van der Waals surface area contributed by atoms with Gasteiger partial charge in [-0.2, -0.15) is 0 Å². The number of hydrogen-bond donors (Lipinski definition) is 1. The number of likely N-dealkylation sites (tertiary alicyclic amines) is 1. The summed E-state index contributed by atoms with van der Waals surface area (Å²) in [5.74, 6) is 0. The topological polar surface area (TPSA) is 15.3 Å². The van der Waals surface area contributed by atoms with E-state index in [9.17, 15) is 0 Å². The number of piperidine rings is 1. The number of nitrogens with zero attached hydrogens (tertiary/aromatic N) is 1. The van der Waals surface area contributed by atoms with Gasteiger partial charge in [-0.25, -0.2) is 0 Å². The van der Waals surface area contributed by atoms with E-state index in [0.29, 0.717) is 5.41 Å². The zero-order valence-corrected chi connectivity index (χ0v) is 14.9. The molecule has 1 heterocycles. The van der Waals surface area contributed by atoms with Gasteiger partial charge in [0.05, 0.1) is 0 Å². The Morgan fingerprint density at radius 1 is 1.24 bits per heavy atom. The average molecular weight is 351 g/mol. The van der Waals surface area contributed by atoms with Crippen LogP contribution in [0.4, 0.5) is 0 Å². The highest BCUT2D eigenvalue weighted by molar-refractivity contribution is 9.10. The van der Waals surface area contributed by atoms with Crippen molar-refractivity contribution in [2.45, 2.75) is 58.7 Å². The van der Waals surface area contributed by atoms with Crippen LogP contribution in [-0.2, 0) is 13.1 Å². The number of rotatable bonds is 5. The second-order valence-corrected chi connectivity index (χ2v) is 8.38. The van der Waals surface area contributed by atoms with Gasteiger partial charge in [0.2, 0.25) is 0 Å². The molecule has 0 bridgehead atoms. The minimum atomic E-state index is 0.534. The van der Waals surface area contributed by atoms with Gasteiger partial charge < -0.3 is 5.32 Å². The fourth-order valence-electron chi connectivity index (χ4n) is 2.94. The summed E-state index contributed by atoms with van der Waals surface area (Å²) in [5.41, 5.74) is 3.34. The molecule has 0 aromatic heterocycles. The van der Waals surface area contributed by atoms with Crippen molar-refractivity contribution in [1.29, 1.82) is 0 Å². The van der Waals surface area contributed by atoms with Gasteiger partial charge in [0, 0.05) is 23.6 Å². The fraction of sp³-hybridized carbons (Fsp3) is 0.667. The Morgan fingerprint density at radius 2 is 1.95 bits per heavy atom. The normalized spacial score (nSPS) is 22.4. The number of nitrogens with one attached hydrogen (secondary N) is 1. The molecule has 2 fully saturated rings. The van der Waals surface area contributed by atoms with Crippen molar-refractivity contribution in [3.8, 4) is 0 Å². The van der Waals surface area contributed by atoms with Gasteiger partial charge in [-0.05, 0) is 61.4 Å². The molecule has 0 atom stereocenters.